The maximum Gasteiger partial charge on any atom is 0.573 e. The standard InChI is InChI=1S/C20H15F3N2O4/c1-11(18-10-24-12(2)27-18)26-19-16-9-14(5-8-17(16)29-25-19)13-3-6-15(7-4-13)28-20(21,22)23/h3-11H,1-2H3. The number of rotatable bonds is 5. The largest absolute Gasteiger partial charge is 0.573 e. The van der Waals surface area contributed by atoms with Gasteiger partial charge in [0.15, 0.2) is 23.3 Å². The average molecular weight is 404 g/mol. The molecule has 1 unspecified atom stereocenters. The molecule has 0 fully saturated rings. The van der Waals surface area contributed by atoms with Gasteiger partial charge in [-0.15, -0.1) is 13.2 Å². The predicted molar refractivity (Wildman–Crippen MR) is 96.4 cm³/mol. The van der Waals surface area contributed by atoms with Gasteiger partial charge >= 0.3 is 6.36 Å². The topological polar surface area (TPSA) is 70.5 Å². The molecule has 0 saturated heterocycles. The lowest BCUT2D eigenvalue weighted by atomic mass is 10.0. The van der Waals surface area contributed by atoms with Gasteiger partial charge in [0, 0.05) is 6.92 Å². The van der Waals surface area contributed by atoms with Crippen LogP contribution in [0.5, 0.6) is 11.6 Å². The molecule has 0 N–H and O–H groups in total. The van der Waals surface area contributed by atoms with Crippen LogP contribution in [0.3, 0.4) is 0 Å². The van der Waals surface area contributed by atoms with E-state index < -0.39 is 12.5 Å². The zero-order valence-corrected chi connectivity index (χ0v) is 15.4. The molecule has 4 aromatic rings. The second-order valence-corrected chi connectivity index (χ2v) is 6.31. The van der Waals surface area contributed by atoms with Crippen molar-refractivity contribution in [2.75, 3.05) is 0 Å². The van der Waals surface area contributed by atoms with Gasteiger partial charge in [0.05, 0.1) is 11.6 Å². The molecule has 150 valence electrons. The number of halogens is 3. The molecule has 0 radical (unpaired) electrons. The fourth-order valence-electron chi connectivity index (χ4n) is 2.82. The Hall–Kier alpha value is -3.49. The highest BCUT2D eigenvalue weighted by atomic mass is 19.4. The molecule has 29 heavy (non-hydrogen) atoms. The van der Waals surface area contributed by atoms with Gasteiger partial charge in [-0.2, -0.15) is 0 Å². The third kappa shape index (κ3) is 4.18. The van der Waals surface area contributed by atoms with Crippen molar-refractivity contribution in [2.45, 2.75) is 26.3 Å². The highest BCUT2D eigenvalue weighted by Gasteiger charge is 2.31. The van der Waals surface area contributed by atoms with Crippen LogP contribution >= 0.6 is 0 Å². The van der Waals surface area contributed by atoms with E-state index in [2.05, 4.69) is 14.9 Å². The molecule has 2 aromatic heterocycles. The number of oxazole rings is 1. The second kappa shape index (κ2) is 7.16. The first-order valence-electron chi connectivity index (χ1n) is 8.63. The van der Waals surface area contributed by atoms with Crippen LogP contribution in [-0.2, 0) is 0 Å². The number of ether oxygens (including phenoxy) is 2. The van der Waals surface area contributed by atoms with Gasteiger partial charge in [-0.3, -0.25) is 0 Å². The molecule has 4 rings (SSSR count). The lowest BCUT2D eigenvalue weighted by Crippen LogP contribution is -2.16. The number of alkyl halides is 3. The summed E-state index contributed by atoms with van der Waals surface area (Å²) in [6.07, 6.45) is -3.58. The number of aromatic nitrogens is 2. The Morgan fingerprint density at radius 3 is 2.41 bits per heavy atom. The minimum absolute atomic E-state index is 0.278. The molecule has 0 aliphatic carbocycles. The van der Waals surface area contributed by atoms with E-state index in [-0.39, 0.29) is 11.6 Å². The Balaban J connectivity index is 1.60. The van der Waals surface area contributed by atoms with Crippen LogP contribution < -0.4 is 9.47 Å². The van der Waals surface area contributed by atoms with Crippen molar-refractivity contribution in [3.8, 4) is 22.8 Å². The number of nitrogens with zero attached hydrogens (tertiary/aromatic N) is 2. The first-order chi connectivity index (χ1) is 13.8. The summed E-state index contributed by atoms with van der Waals surface area (Å²) < 4.78 is 57.4. The van der Waals surface area contributed by atoms with Crippen LogP contribution in [0.2, 0.25) is 0 Å². The lowest BCUT2D eigenvalue weighted by Gasteiger charge is -2.10. The number of benzene rings is 2. The molecular weight excluding hydrogens is 389 g/mol. The van der Waals surface area contributed by atoms with E-state index in [0.29, 0.717) is 28.2 Å². The zero-order valence-electron chi connectivity index (χ0n) is 15.4. The van der Waals surface area contributed by atoms with Crippen LogP contribution in [0, 0.1) is 6.92 Å². The van der Waals surface area contributed by atoms with Gasteiger partial charge in [0.1, 0.15) is 5.75 Å². The van der Waals surface area contributed by atoms with Crippen molar-refractivity contribution in [1.82, 2.24) is 10.1 Å². The summed E-state index contributed by atoms with van der Waals surface area (Å²) in [5.41, 5.74) is 1.97. The lowest BCUT2D eigenvalue weighted by molar-refractivity contribution is -0.274. The molecule has 0 bridgehead atoms. The smallest absolute Gasteiger partial charge is 0.464 e. The molecule has 0 aliphatic heterocycles. The molecule has 6 nitrogen and oxygen atoms in total. The fraction of sp³-hybridized carbons (Fsp3) is 0.200. The Labute approximate surface area is 162 Å². The van der Waals surface area contributed by atoms with E-state index in [0.717, 1.165) is 5.56 Å². The Bertz CT molecular complexity index is 1130. The minimum atomic E-state index is -4.73. The molecule has 2 aromatic carbocycles. The summed E-state index contributed by atoms with van der Waals surface area (Å²) in [7, 11) is 0. The van der Waals surface area contributed by atoms with Gasteiger partial charge in [0.2, 0.25) is 0 Å². The van der Waals surface area contributed by atoms with Crippen molar-refractivity contribution in [1.29, 1.82) is 0 Å². The summed E-state index contributed by atoms with van der Waals surface area (Å²) in [5, 5.41) is 4.58. The molecule has 0 saturated carbocycles. The summed E-state index contributed by atoms with van der Waals surface area (Å²) in [4.78, 5) is 4.04. The Morgan fingerprint density at radius 2 is 1.76 bits per heavy atom. The van der Waals surface area contributed by atoms with Crippen molar-refractivity contribution in [3.05, 3.63) is 60.3 Å². The number of aryl methyl sites for hydroxylation is 1. The summed E-state index contributed by atoms with van der Waals surface area (Å²) in [6.45, 7) is 3.53. The van der Waals surface area contributed by atoms with E-state index in [9.17, 15) is 13.2 Å². The van der Waals surface area contributed by atoms with E-state index in [1.807, 2.05) is 0 Å². The molecule has 9 heteroatoms. The molecular formula is C20H15F3N2O4. The van der Waals surface area contributed by atoms with E-state index in [1.165, 1.54) is 24.3 Å². The van der Waals surface area contributed by atoms with Crippen LogP contribution in [-0.4, -0.2) is 16.5 Å². The van der Waals surface area contributed by atoms with E-state index in [1.54, 1.807) is 38.2 Å². The van der Waals surface area contributed by atoms with E-state index >= 15 is 0 Å². The molecule has 1 atom stereocenters. The molecule has 0 amide bonds. The van der Waals surface area contributed by atoms with Crippen molar-refractivity contribution >= 4 is 11.0 Å². The number of hydrogen-bond acceptors (Lipinski definition) is 6. The molecule has 0 aliphatic rings. The van der Waals surface area contributed by atoms with Gasteiger partial charge < -0.3 is 18.4 Å². The van der Waals surface area contributed by atoms with Crippen LogP contribution in [0.25, 0.3) is 22.1 Å². The number of fused-ring (bicyclic) bond motifs is 1. The predicted octanol–water partition coefficient (Wildman–Crippen LogP) is 5.83. The Morgan fingerprint density at radius 1 is 1.03 bits per heavy atom. The van der Waals surface area contributed by atoms with Crippen molar-refractivity contribution in [3.63, 3.8) is 0 Å². The highest BCUT2D eigenvalue weighted by Crippen LogP contribution is 2.33. The molecule has 0 spiro atoms. The van der Waals surface area contributed by atoms with Gasteiger partial charge in [0.25, 0.3) is 5.88 Å². The first-order valence-corrected chi connectivity index (χ1v) is 8.63. The summed E-state index contributed by atoms with van der Waals surface area (Å²) in [6, 6.07) is 10.9. The normalized spacial score (nSPS) is 12.9. The monoisotopic (exact) mass is 404 g/mol. The first kappa shape index (κ1) is 18.9. The van der Waals surface area contributed by atoms with Gasteiger partial charge in [-0.25, -0.2) is 4.98 Å². The summed E-state index contributed by atoms with van der Waals surface area (Å²) >= 11 is 0. The maximum atomic E-state index is 12.3. The SMILES string of the molecule is Cc1ncc(C(C)Oc2noc3ccc(-c4ccc(OC(F)(F)F)cc4)cc23)o1. The van der Waals surface area contributed by atoms with Crippen molar-refractivity contribution in [2.24, 2.45) is 0 Å². The minimum Gasteiger partial charge on any atom is -0.464 e. The quantitative estimate of drug-likeness (QED) is 0.417. The van der Waals surface area contributed by atoms with Crippen molar-refractivity contribution < 1.29 is 31.6 Å². The fourth-order valence-corrected chi connectivity index (χ4v) is 2.82. The summed E-state index contributed by atoms with van der Waals surface area (Å²) in [5.74, 6) is 1.07. The maximum absolute atomic E-state index is 12.3. The average Bonchev–Trinajstić information content (AvgIpc) is 3.27. The Kier molecular flexibility index (Phi) is 4.65. The van der Waals surface area contributed by atoms with Crippen LogP contribution in [0.15, 0.2) is 57.6 Å². The second-order valence-electron chi connectivity index (χ2n) is 6.31. The van der Waals surface area contributed by atoms with Gasteiger partial charge in [-0.1, -0.05) is 18.2 Å². The highest BCUT2D eigenvalue weighted by molar-refractivity contribution is 5.87. The van der Waals surface area contributed by atoms with E-state index in [4.69, 9.17) is 13.7 Å². The zero-order chi connectivity index (χ0) is 20.6. The number of hydrogen-bond donors (Lipinski definition) is 0. The third-order valence-electron chi connectivity index (χ3n) is 4.19. The third-order valence-corrected chi connectivity index (χ3v) is 4.19. The van der Waals surface area contributed by atoms with Crippen LogP contribution in [0.1, 0.15) is 24.7 Å². The van der Waals surface area contributed by atoms with Gasteiger partial charge in [-0.05, 0) is 47.5 Å². The molecule has 2 heterocycles. The van der Waals surface area contributed by atoms with Crippen LogP contribution in [0.4, 0.5) is 13.2 Å².